The molecule has 1 aliphatic rings. The first kappa shape index (κ1) is 19.0. The molecule has 1 radical (unpaired) electrons. The first-order chi connectivity index (χ1) is 9.25. The van der Waals surface area contributed by atoms with Crippen LogP contribution < -0.4 is 0 Å². The molecule has 2 atom stereocenters. The maximum Gasteiger partial charge on any atom is 0.352 e. The Morgan fingerprint density at radius 3 is 2.14 bits per heavy atom. The van der Waals surface area contributed by atoms with Gasteiger partial charge in [-0.1, -0.05) is 0 Å². The summed E-state index contributed by atoms with van der Waals surface area (Å²) in [7, 11) is 0. The fraction of sp³-hybridized carbons (Fsp3) is 0.500. The molecular formula is C10H12CuN2O8. The summed E-state index contributed by atoms with van der Waals surface area (Å²) in [6, 6.07) is -3.43. The van der Waals surface area contributed by atoms with Crippen LogP contribution in [-0.2, 0) is 36.2 Å². The van der Waals surface area contributed by atoms with Crippen LogP contribution in [0.2, 0.25) is 0 Å². The van der Waals surface area contributed by atoms with Gasteiger partial charge in [0.25, 0.3) is 0 Å². The molecule has 0 fully saturated rings. The molecule has 21 heavy (non-hydrogen) atoms. The molecule has 11 heteroatoms. The first-order valence-corrected chi connectivity index (χ1v) is 5.46. The molecule has 0 aromatic carbocycles. The molecule has 0 aromatic heterocycles. The molecule has 1 heterocycles. The Morgan fingerprint density at radius 2 is 1.76 bits per heavy atom. The van der Waals surface area contributed by atoms with Crippen LogP contribution in [0.5, 0.6) is 0 Å². The largest absolute Gasteiger partial charge is 0.481 e. The van der Waals surface area contributed by atoms with Gasteiger partial charge in [0.1, 0.15) is 11.8 Å². The van der Waals surface area contributed by atoms with E-state index in [1.165, 1.54) is 0 Å². The third-order valence-electron chi connectivity index (χ3n) is 2.74. The predicted octanol–water partition coefficient (Wildman–Crippen LogP) is -1.79. The normalized spacial score (nSPS) is 19.8. The molecule has 0 aromatic rings. The Labute approximate surface area is 128 Å². The van der Waals surface area contributed by atoms with E-state index in [4.69, 9.17) is 20.4 Å². The number of hydrogen-bond acceptors (Lipinski definition) is 6. The van der Waals surface area contributed by atoms with Crippen molar-refractivity contribution in [1.82, 2.24) is 4.90 Å². The number of carbonyl (C=O) groups is 4. The van der Waals surface area contributed by atoms with E-state index in [-0.39, 0.29) is 30.2 Å². The Hall–Kier alpha value is -1.97. The molecule has 1 rings (SSSR count). The van der Waals surface area contributed by atoms with Crippen LogP contribution in [0.15, 0.2) is 4.99 Å². The van der Waals surface area contributed by atoms with E-state index in [2.05, 4.69) is 4.99 Å². The second-order valence-corrected chi connectivity index (χ2v) is 4.00. The number of carboxylic acid groups (broad SMARTS) is 4. The number of carboxylic acids is 4. The van der Waals surface area contributed by atoms with Gasteiger partial charge in [0, 0.05) is 23.6 Å². The molecule has 2 unspecified atom stereocenters. The summed E-state index contributed by atoms with van der Waals surface area (Å²) < 4.78 is 0. The standard InChI is InChI=1S/C10H12N2O8.Cu/c13-5(14)3-4(8(15)16)12-2-1-11-6(9(17)18)7(12)10(19)20;/h4,7H,1-3H2,(H,13,14)(H,15,16)(H,17,18)(H,19,20);. The van der Waals surface area contributed by atoms with Crippen molar-refractivity contribution in [2.24, 2.45) is 4.99 Å². The van der Waals surface area contributed by atoms with Gasteiger partial charge in [-0.2, -0.15) is 0 Å². The smallest absolute Gasteiger partial charge is 0.352 e. The zero-order chi connectivity index (χ0) is 15.4. The van der Waals surface area contributed by atoms with Gasteiger partial charge in [-0.25, -0.2) is 4.79 Å². The number of aliphatic carboxylic acids is 4. The van der Waals surface area contributed by atoms with Gasteiger partial charge in [-0.05, 0) is 0 Å². The predicted molar refractivity (Wildman–Crippen MR) is 61.7 cm³/mol. The van der Waals surface area contributed by atoms with E-state index >= 15 is 0 Å². The average molecular weight is 352 g/mol. The van der Waals surface area contributed by atoms with Gasteiger partial charge in [-0.3, -0.25) is 24.3 Å². The second kappa shape index (κ2) is 7.72. The Morgan fingerprint density at radius 1 is 1.19 bits per heavy atom. The third-order valence-corrected chi connectivity index (χ3v) is 2.74. The molecule has 121 valence electrons. The number of hydrogen-bond donors (Lipinski definition) is 4. The van der Waals surface area contributed by atoms with Crippen LogP contribution in [0.4, 0.5) is 0 Å². The summed E-state index contributed by atoms with van der Waals surface area (Å²) in [5, 5.41) is 35.7. The minimum atomic E-state index is -1.79. The molecule has 10 nitrogen and oxygen atoms in total. The molecule has 0 aliphatic carbocycles. The van der Waals surface area contributed by atoms with Gasteiger partial charge < -0.3 is 20.4 Å². The minimum Gasteiger partial charge on any atom is -0.481 e. The summed E-state index contributed by atoms with van der Waals surface area (Å²) in [5.74, 6) is -6.14. The van der Waals surface area contributed by atoms with E-state index in [9.17, 15) is 19.2 Å². The van der Waals surface area contributed by atoms with Crippen LogP contribution in [0.1, 0.15) is 6.42 Å². The van der Waals surface area contributed by atoms with E-state index in [1.807, 2.05) is 0 Å². The molecule has 0 saturated heterocycles. The Balaban J connectivity index is 0.00000400. The van der Waals surface area contributed by atoms with Crippen molar-refractivity contribution in [1.29, 1.82) is 0 Å². The van der Waals surface area contributed by atoms with Crippen LogP contribution >= 0.6 is 0 Å². The molecule has 1 aliphatic heterocycles. The Kier molecular flexibility index (Phi) is 6.99. The van der Waals surface area contributed by atoms with E-state index in [0.717, 1.165) is 4.90 Å². The summed E-state index contributed by atoms with van der Waals surface area (Å²) in [6.07, 6.45) is -0.841. The molecule has 0 bridgehead atoms. The van der Waals surface area contributed by atoms with Gasteiger partial charge in [0.2, 0.25) is 0 Å². The van der Waals surface area contributed by atoms with Gasteiger partial charge in [0.15, 0.2) is 6.04 Å². The number of nitrogens with zero attached hydrogens (tertiary/aromatic N) is 2. The zero-order valence-electron chi connectivity index (χ0n) is 10.4. The van der Waals surface area contributed by atoms with Crippen molar-refractivity contribution in [3.05, 3.63) is 0 Å². The summed E-state index contributed by atoms with van der Waals surface area (Å²) >= 11 is 0. The summed E-state index contributed by atoms with van der Waals surface area (Å²) in [5.41, 5.74) is -0.708. The molecule has 0 spiro atoms. The van der Waals surface area contributed by atoms with E-state index in [0.29, 0.717) is 0 Å². The second-order valence-electron chi connectivity index (χ2n) is 4.00. The minimum absolute atomic E-state index is 0. The van der Waals surface area contributed by atoms with Crippen LogP contribution in [0, 0.1) is 0 Å². The summed E-state index contributed by atoms with van der Waals surface area (Å²) in [6.45, 7) is -0.271. The summed E-state index contributed by atoms with van der Waals surface area (Å²) in [4.78, 5) is 48.2. The van der Waals surface area contributed by atoms with Crippen molar-refractivity contribution >= 4 is 29.6 Å². The zero-order valence-corrected chi connectivity index (χ0v) is 11.3. The van der Waals surface area contributed by atoms with Crippen molar-refractivity contribution in [3.63, 3.8) is 0 Å². The monoisotopic (exact) mass is 351 g/mol. The quantitative estimate of drug-likeness (QED) is 0.404. The van der Waals surface area contributed by atoms with Crippen LogP contribution in [-0.4, -0.2) is 80.1 Å². The topological polar surface area (TPSA) is 165 Å². The molecule has 4 N–H and O–H groups in total. The Bertz CT molecular complexity index is 491. The first-order valence-electron chi connectivity index (χ1n) is 5.46. The van der Waals surface area contributed by atoms with Gasteiger partial charge in [0.05, 0.1) is 13.0 Å². The van der Waals surface area contributed by atoms with Crippen molar-refractivity contribution in [3.8, 4) is 0 Å². The van der Waals surface area contributed by atoms with Gasteiger partial charge in [-0.15, -0.1) is 0 Å². The fourth-order valence-electron chi connectivity index (χ4n) is 1.95. The molecule has 0 saturated carbocycles. The van der Waals surface area contributed by atoms with E-state index in [1.54, 1.807) is 0 Å². The fourth-order valence-corrected chi connectivity index (χ4v) is 1.95. The van der Waals surface area contributed by atoms with Crippen molar-refractivity contribution < 1.29 is 56.7 Å². The number of rotatable bonds is 6. The van der Waals surface area contributed by atoms with Gasteiger partial charge >= 0.3 is 23.9 Å². The SMILES string of the molecule is O=C(O)CC(C(=O)O)N1CCN=C(C(=O)O)C1C(=O)O.[Cu]. The van der Waals surface area contributed by atoms with Crippen molar-refractivity contribution in [2.45, 2.75) is 18.5 Å². The molecule has 0 amide bonds. The van der Waals surface area contributed by atoms with Crippen molar-refractivity contribution in [2.75, 3.05) is 13.1 Å². The third kappa shape index (κ3) is 4.52. The maximum absolute atomic E-state index is 11.2. The van der Waals surface area contributed by atoms with Crippen LogP contribution in [0.25, 0.3) is 0 Å². The number of aliphatic imine (C=N–C) groups is 1. The average Bonchev–Trinajstić information content (AvgIpc) is 2.34. The maximum atomic E-state index is 11.2. The molecular weight excluding hydrogens is 340 g/mol. The van der Waals surface area contributed by atoms with E-state index < -0.39 is 48.1 Å². The van der Waals surface area contributed by atoms with Crippen LogP contribution in [0.3, 0.4) is 0 Å².